The Labute approximate surface area is 53.1 Å². The van der Waals surface area contributed by atoms with Crippen LogP contribution in [0.4, 0.5) is 0 Å². The molecular weight excluding hydrogens is 122 g/mol. The Morgan fingerprint density at radius 3 is 1.78 bits per heavy atom. The zero-order valence-electron chi connectivity index (χ0n) is 5.07. The standard InChI is InChI=1S/C5H11NO3/c7-3-1-6-2-4(8)5(3)9/h3-9H,1-2H2/p+1/t3-,4+,5?. The molecule has 0 spiro atoms. The summed E-state index contributed by atoms with van der Waals surface area (Å²) in [4.78, 5) is 0. The quantitative estimate of drug-likeness (QED) is 0.279. The second-order valence-electron chi connectivity index (χ2n) is 2.39. The first-order chi connectivity index (χ1) is 4.22. The number of hydrogen-bond donors (Lipinski definition) is 4. The highest BCUT2D eigenvalue weighted by atomic mass is 16.4. The number of quaternary nitrogens is 1. The Kier molecular flexibility index (Phi) is 2.02. The number of piperidine rings is 1. The summed E-state index contributed by atoms with van der Waals surface area (Å²) in [6.07, 6.45) is -2.49. The van der Waals surface area contributed by atoms with Gasteiger partial charge in [0.1, 0.15) is 31.4 Å². The summed E-state index contributed by atoms with van der Waals surface area (Å²) in [5.41, 5.74) is 0. The minimum absolute atomic E-state index is 0.484. The predicted molar refractivity (Wildman–Crippen MR) is 29.7 cm³/mol. The number of aliphatic hydroxyl groups is 3. The third-order valence-electron chi connectivity index (χ3n) is 1.60. The highest BCUT2D eigenvalue weighted by Crippen LogP contribution is 1.98. The summed E-state index contributed by atoms with van der Waals surface area (Å²) in [6.45, 7) is 0.969. The Morgan fingerprint density at radius 2 is 1.44 bits per heavy atom. The third kappa shape index (κ3) is 1.40. The molecule has 0 saturated carbocycles. The van der Waals surface area contributed by atoms with Gasteiger partial charge in [0.15, 0.2) is 0 Å². The molecule has 0 bridgehead atoms. The fourth-order valence-corrected chi connectivity index (χ4v) is 0.973. The molecule has 1 saturated heterocycles. The van der Waals surface area contributed by atoms with Gasteiger partial charge in [0.25, 0.3) is 0 Å². The molecule has 4 nitrogen and oxygen atoms in total. The van der Waals surface area contributed by atoms with Crippen LogP contribution in [0.15, 0.2) is 0 Å². The van der Waals surface area contributed by atoms with Gasteiger partial charge < -0.3 is 20.6 Å². The van der Waals surface area contributed by atoms with Gasteiger partial charge in [0.2, 0.25) is 0 Å². The van der Waals surface area contributed by atoms with Crippen LogP contribution in [-0.4, -0.2) is 46.7 Å². The summed E-state index contributed by atoms with van der Waals surface area (Å²) in [5, 5.41) is 28.5. The first kappa shape index (κ1) is 6.95. The van der Waals surface area contributed by atoms with Crippen LogP contribution < -0.4 is 5.32 Å². The van der Waals surface area contributed by atoms with Crippen molar-refractivity contribution >= 4 is 0 Å². The van der Waals surface area contributed by atoms with E-state index < -0.39 is 18.3 Å². The first-order valence-electron chi connectivity index (χ1n) is 3.07. The van der Waals surface area contributed by atoms with E-state index in [0.717, 1.165) is 0 Å². The van der Waals surface area contributed by atoms with E-state index in [1.54, 1.807) is 5.32 Å². The maximum absolute atomic E-state index is 8.93. The second kappa shape index (κ2) is 2.62. The van der Waals surface area contributed by atoms with E-state index >= 15 is 0 Å². The Balaban J connectivity index is 2.41. The molecule has 3 atom stereocenters. The van der Waals surface area contributed by atoms with Gasteiger partial charge in [0.05, 0.1) is 0 Å². The molecular formula is C5H12NO3+. The van der Waals surface area contributed by atoms with Crippen LogP contribution in [0, 0.1) is 0 Å². The van der Waals surface area contributed by atoms with Crippen LogP contribution >= 0.6 is 0 Å². The highest BCUT2D eigenvalue weighted by molar-refractivity contribution is 4.76. The van der Waals surface area contributed by atoms with Gasteiger partial charge in [-0.15, -0.1) is 0 Å². The van der Waals surface area contributed by atoms with E-state index in [-0.39, 0.29) is 0 Å². The van der Waals surface area contributed by atoms with Crippen molar-refractivity contribution in [3.05, 3.63) is 0 Å². The van der Waals surface area contributed by atoms with E-state index in [9.17, 15) is 0 Å². The molecule has 1 aliphatic rings. The maximum atomic E-state index is 8.93. The average Bonchev–Trinajstić information content (AvgIpc) is 1.83. The van der Waals surface area contributed by atoms with Gasteiger partial charge in [0, 0.05) is 0 Å². The molecule has 0 radical (unpaired) electrons. The van der Waals surface area contributed by atoms with Gasteiger partial charge in [-0.3, -0.25) is 0 Å². The molecule has 9 heavy (non-hydrogen) atoms. The van der Waals surface area contributed by atoms with Crippen LogP contribution in [0.5, 0.6) is 0 Å². The lowest BCUT2D eigenvalue weighted by atomic mass is 10.0. The Hall–Kier alpha value is -0.160. The van der Waals surface area contributed by atoms with Crippen molar-refractivity contribution in [1.82, 2.24) is 0 Å². The molecule has 0 aromatic rings. The van der Waals surface area contributed by atoms with Crippen LogP contribution in [0.1, 0.15) is 0 Å². The smallest absolute Gasteiger partial charge is 0.131 e. The van der Waals surface area contributed by atoms with Crippen molar-refractivity contribution < 1.29 is 20.6 Å². The lowest BCUT2D eigenvalue weighted by molar-refractivity contribution is -0.680. The number of nitrogens with two attached hydrogens (primary N) is 1. The Bertz CT molecular complexity index is 88.2. The van der Waals surface area contributed by atoms with Gasteiger partial charge >= 0.3 is 0 Å². The van der Waals surface area contributed by atoms with E-state index in [1.807, 2.05) is 0 Å². The molecule has 0 amide bonds. The number of hydrogen-bond acceptors (Lipinski definition) is 3. The summed E-state index contributed by atoms with van der Waals surface area (Å²) < 4.78 is 0. The average molecular weight is 134 g/mol. The van der Waals surface area contributed by atoms with E-state index in [2.05, 4.69) is 0 Å². The lowest BCUT2D eigenvalue weighted by Gasteiger charge is -2.25. The van der Waals surface area contributed by atoms with Gasteiger partial charge in [-0.25, -0.2) is 0 Å². The molecule has 5 N–H and O–H groups in total. The maximum Gasteiger partial charge on any atom is 0.131 e. The molecule has 0 aromatic carbocycles. The van der Waals surface area contributed by atoms with Crippen molar-refractivity contribution in [2.45, 2.75) is 18.3 Å². The molecule has 1 rings (SSSR count). The fraction of sp³-hybridized carbons (Fsp3) is 1.00. The zero-order valence-corrected chi connectivity index (χ0v) is 5.07. The minimum atomic E-state index is -0.949. The normalized spacial score (nSPS) is 45.0. The van der Waals surface area contributed by atoms with Crippen LogP contribution in [0.25, 0.3) is 0 Å². The topological polar surface area (TPSA) is 77.3 Å². The third-order valence-corrected chi connectivity index (χ3v) is 1.60. The van der Waals surface area contributed by atoms with Crippen molar-refractivity contribution in [3.63, 3.8) is 0 Å². The first-order valence-corrected chi connectivity index (χ1v) is 3.07. The Morgan fingerprint density at radius 1 is 1.00 bits per heavy atom. The van der Waals surface area contributed by atoms with Gasteiger partial charge in [-0.1, -0.05) is 0 Å². The van der Waals surface area contributed by atoms with E-state index in [1.165, 1.54) is 0 Å². The van der Waals surface area contributed by atoms with Crippen molar-refractivity contribution in [2.24, 2.45) is 0 Å². The van der Waals surface area contributed by atoms with E-state index in [0.29, 0.717) is 13.1 Å². The van der Waals surface area contributed by atoms with Crippen LogP contribution in [0.3, 0.4) is 0 Å². The summed E-state index contributed by atoms with van der Waals surface area (Å²) in [5.74, 6) is 0. The van der Waals surface area contributed by atoms with Crippen LogP contribution in [-0.2, 0) is 0 Å². The minimum Gasteiger partial charge on any atom is -0.387 e. The second-order valence-corrected chi connectivity index (χ2v) is 2.39. The van der Waals surface area contributed by atoms with Gasteiger partial charge in [-0.05, 0) is 0 Å². The summed E-state index contributed by atoms with van der Waals surface area (Å²) >= 11 is 0. The van der Waals surface area contributed by atoms with Crippen molar-refractivity contribution in [1.29, 1.82) is 0 Å². The fourth-order valence-electron chi connectivity index (χ4n) is 0.973. The molecule has 1 fully saturated rings. The monoisotopic (exact) mass is 134 g/mol. The summed E-state index contributed by atoms with van der Waals surface area (Å²) in [6, 6.07) is 0. The number of rotatable bonds is 0. The SMILES string of the molecule is OC1[C@H](O)C[NH2+]C[C@@H]1O. The highest BCUT2D eigenvalue weighted by Gasteiger charge is 2.31. The van der Waals surface area contributed by atoms with Gasteiger partial charge in [-0.2, -0.15) is 0 Å². The predicted octanol–water partition coefficient (Wildman–Crippen LogP) is -3.35. The number of aliphatic hydroxyl groups excluding tert-OH is 3. The molecule has 1 unspecified atom stereocenters. The largest absolute Gasteiger partial charge is 0.387 e. The molecule has 54 valence electrons. The van der Waals surface area contributed by atoms with Crippen LogP contribution in [0.2, 0.25) is 0 Å². The molecule has 1 aliphatic heterocycles. The summed E-state index contributed by atoms with van der Waals surface area (Å²) in [7, 11) is 0. The van der Waals surface area contributed by atoms with E-state index in [4.69, 9.17) is 15.3 Å². The van der Waals surface area contributed by atoms with Crippen molar-refractivity contribution in [2.75, 3.05) is 13.1 Å². The molecule has 0 aromatic heterocycles. The van der Waals surface area contributed by atoms with Crippen molar-refractivity contribution in [3.8, 4) is 0 Å². The molecule has 4 heteroatoms. The molecule has 1 heterocycles. The lowest BCUT2D eigenvalue weighted by Crippen LogP contribution is -2.92. The molecule has 0 aliphatic carbocycles. The zero-order chi connectivity index (χ0) is 6.85.